The van der Waals surface area contributed by atoms with E-state index in [0.29, 0.717) is 23.6 Å². The summed E-state index contributed by atoms with van der Waals surface area (Å²) in [5.74, 6) is 0.725. The first-order valence-electron chi connectivity index (χ1n) is 9.94. The molecule has 0 saturated heterocycles. The molecule has 3 aromatic rings. The van der Waals surface area contributed by atoms with Gasteiger partial charge in [0.05, 0.1) is 5.69 Å². The van der Waals surface area contributed by atoms with Gasteiger partial charge in [-0.05, 0) is 56.2 Å². The molecule has 30 heavy (non-hydrogen) atoms. The summed E-state index contributed by atoms with van der Waals surface area (Å²) in [5.41, 5.74) is 4.59. The molecule has 1 N–H and O–H groups in total. The van der Waals surface area contributed by atoms with Crippen molar-refractivity contribution in [2.75, 3.05) is 6.61 Å². The highest BCUT2D eigenvalue weighted by atomic mass is 17.1. The minimum Gasteiger partial charge on any atom is -0.488 e. The Labute approximate surface area is 177 Å². The van der Waals surface area contributed by atoms with Crippen molar-refractivity contribution < 1.29 is 19.7 Å². The van der Waals surface area contributed by atoms with Crippen molar-refractivity contribution in [2.45, 2.75) is 33.4 Å². The summed E-state index contributed by atoms with van der Waals surface area (Å²) in [5, 5.41) is 8.55. The van der Waals surface area contributed by atoms with Crippen LogP contribution in [0.4, 0.5) is 0 Å². The molecule has 0 fully saturated rings. The number of hydrogen-bond acceptors (Lipinski definition) is 4. The number of carbonyl (C=O) groups excluding carboxylic acids is 1. The highest BCUT2D eigenvalue weighted by Gasteiger charge is 2.13. The SMILES string of the molecule is C/C(=C\Cn1cccc1C(=O)c1ccc(C)cc1)c1cccc(O[C@@H](C)COO)c1. The standard InChI is InChI=1S/C25H27NO4/c1-18-9-11-21(12-10-18)25(27)24-8-5-14-26(24)15-13-19(2)22-6-4-7-23(16-22)30-20(3)17-29-28/h4-14,16,20,28H,15,17H2,1-3H3/b19-13+/t20-/m0/s1. The van der Waals surface area contributed by atoms with Crippen LogP contribution in [-0.4, -0.2) is 28.3 Å². The number of benzene rings is 2. The zero-order chi connectivity index (χ0) is 21.5. The van der Waals surface area contributed by atoms with Crippen LogP contribution in [0, 0.1) is 6.92 Å². The summed E-state index contributed by atoms with van der Waals surface area (Å²) >= 11 is 0. The number of nitrogens with zero attached hydrogens (tertiary/aromatic N) is 1. The zero-order valence-electron chi connectivity index (χ0n) is 17.5. The summed E-state index contributed by atoms with van der Waals surface area (Å²) in [7, 11) is 0. The molecule has 1 aromatic heterocycles. The minimum absolute atomic E-state index is 0.0153. The van der Waals surface area contributed by atoms with Gasteiger partial charge in [-0.3, -0.25) is 10.1 Å². The van der Waals surface area contributed by atoms with Crippen LogP contribution in [0.5, 0.6) is 5.75 Å². The van der Waals surface area contributed by atoms with Crippen molar-refractivity contribution in [2.24, 2.45) is 0 Å². The number of ether oxygens (including phenoxy) is 1. The van der Waals surface area contributed by atoms with Crippen LogP contribution in [0.3, 0.4) is 0 Å². The lowest BCUT2D eigenvalue weighted by molar-refractivity contribution is -0.253. The maximum atomic E-state index is 12.9. The fourth-order valence-electron chi connectivity index (χ4n) is 3.17. The quantitative estimate of drug-likeness (QED) is 0.295. The molecular formula is C25H27NO4. The molecule has 0 amide bonds. The van der Waals surface area contributed by atoms with Crippen molar-refractivity contribution >= 4 is 11.4 Å². The monoisotopic (exact) mass is 405 g/mol. The maximum absolute atomic E-state index is 12.9. The van der Waals surface area contributed by atoms with Crippen LogP contribution < -0.4 is 4.74 Å². The highest BCUT2D eigenvalue weighted by Crippen LogP contribution is 2.21. The Morgan fingerprint density at radius 1 is 1.10 bits per heavy atom. The lowest BCUT2D eigenvalue weighted by Gasteiger charge is -2.14. The van der Waals surface area contributed by atoms with Gasteiger partial charge in [-0.2, -0.15) is 0 Å². The first-order valence-corrected chi connectivity index (χ1v) is 9.94. The van der Waals surface area contributed by atoms with Crippen molar-refractivity contribution in [3.8, 4) is 5.75 Å². The molecule has 2 aromatic carbocycles. The van der Waals surface area contributed by atoms with E-state index in [9.17, 15) is 4.79 Å². The summed E-state index contributed by atoms with van der Waals surface area (Å²) in [4.78, 5) is 17.0. The number of carbonyl (C=O) groups is 1. The van der Waals surface area contributed by atoms with E-state index in [1.807, 2.05) is 92.2 Å². The fourth-order valence-corrected chi connectivity index (χ4v) is 3.17. The van der Waals surface area contributed by atoms with Crippen LogP contribution in [0.15, 0.2) is 72.9 Å². The van der Waals surface area contributed by atoms with Gasteiger partial charge in [0.25, 0.3) is 0 Å². The van der Waals surface area contributed by atoms with Gasteiger partial charge in [-0.15, -0.1) is 0 Å². The van der Waals surface area contributed by atoms with E-state index in [1.165, 1.54) is 0 Å². The van der Waals surface area contributed by atoms with Gasteiger partial charge < -0.3 is 9.30 Å². The smallest absolute Gasteiger partial charge is 0.209 e. The number of rotatable bonds is 9. The van der Waals surface area contributed by atoms with Crippen molar-refractivity contribution in [3.05, 3.63) is 95.3 Å². The van der Waals surface area contributed by atoms with E-state index in [2.05, 4.69) is 11.0 Å². The third-order valence-electron chi connectivity index (χ3n) is 4.91. The molecule has 5 nitrogen and oxygen atoms in total. The van der Waals surface area contributed by atoms with Crippen molar-refractivity contribution in [3.63, 3.8) is 0 Å². The topological polar surface area (TPSA) is 60.7 Å². The van der Waals surface area contributed by atoms with Gasteiger partial charge in [-0.25, -0.2) is 4.89 Å². The molecule has 5 heteroatoms. The zero-order valence-corrected chi connectivity index (χ0v) is 17.5. The Hall–Kier alpha value is -3.15. The first-order chi connectivity index (χ1) is 14.5. The minimum atomic E-state index is -0.259. The van der Waals surface area contributed by atoms with Crippen LogP contribution in [-0.2, 0) is 11.4 Å². The van der Waals surface area contributed by atoms with Crippen LogP contribution in [0.1, 0.15) is 41.0 Å². The normalized spacial score (nSPS) is 12.6. The Morgan fingerprint density at radius 2 is 1.87 bits per heavy atom. The number of aryl methyl sites for hydroxylation is 1. The molecule has 0 radical (unpaired) electrons. The molecule has 0 aliphatic rings. The predicted molar refractivity (Wildman–Crippen MR) is 118 cm³/mol. The number of hydrogen-bond donors (Lipinski definition) is 1. The maximum Gasteiger partial charge on any atom is 0.209 e. The lowest BCUT2D eigenvalue weighted by atomic mass is 10.1. The van der Waals surface area contributed by atoms with Gasteiger partial charge >= 0.3 is 0 Å². The third-order valence-corrected chi connectivity index (χ3v) is 4.91. The average molecular weight is 405 g/mol. The fraction of sp³-hybridized carbons (Fsp3) is 0.240. The second kappa shape index (κ2) is 10.1. The van der Waals surface area contributed by atoms with E-state index >= 15 is 0 Å². The highest BCUT2D eigenvalue weighted by molar-refractivity contribution is 6.08. The molecule has 1 heterocycles. The Kier molecular flexibility index (Phi) is 7.22. The summed E-state index contributed by atoms with van der Waals surface area (Å²) in [6.07, 6.45) is 3.75. The molecule has 156 valence electrons. The summed E-state index contributed by atoms with van der Waals surface area (Å²) in [6.45, 7) is 6.55. The van der Waals surface area contributed by atoms with Gasteiger partial charge in [0.2, 0.25) is 5.78 Å². The molecule has 0 saturated carbocycles. The number of ketones is 1. The van der Waals surface area contributed by atoms with Gasteiger partial charge in [0.1, 0.15) is 18.5 Å². The van der Waals surface area contributed by atoms with E-state index in [0.717, 1.165) is 16.7 Å². The third kappa shape index (κ3) is 5.47. The largest absolute Gasteiger partial charge is 0.488 e. The second-order valence-corrected chi connectivity index (χ2v) is 7.38. The van der Waals surface area contributed by atoms with Gasteiger partial charge in [-0.1, -0.05) is 48.0 Å². The van der Waals surface area contributed by atoms with Crippen LogP contribution >= 0.6 is 0 Å². The van der Waals surface area contributed by atoms with Crippen molar-refractivity contribution in [1.29, 1.82) is 0 Å². The molecule has 0 bridgehead atoms. The average Bonchev–Trinajstić information content (AvgIpc) is 3.21. The Bertz CT molecular complexity index is 1020. The first kappa shape index (κ1) is 21.6. The Balaban J connectivity index is 1.73. The van der Waals surface area contributed by atoms with E-state index in [1.54, 1.807) is 0 Å². The predicted octanol–water partition coefficient (Wildman–Crippen LogP) is 5.39. The summed E-state index contributed by atoms with van der Waals surface area (Å²) < 4.78 is 7.69. The number of aromatic nitrogens is 1. The Morgan fingerprint density at radius 3 is 2.60 bits per heavy atom. The summed E-state index contributed by atoms with van der Waals surface area (Å²) in [6, 6.07) is 19.1. The van der Waals surface area contributed by atoms with Crippen LogP contribution in [0.25, 0.3) is 5.57 Å². The van der Waals surface area contributed by atoms with E-state index in [4.69, 9.17) is 9.99 Å². The van der Waals surface area contributed by atoms with Crippen LogP contribution in [0.2, 0.25) is 0 Å². The molecular weight excluding hydrogens is 378 g/mol. The van der Waals surface area contributed by atoms with E-state index in [-0.39, 0.29) is 18.5 Å². The van der Waals surface area contributed by atoms with Gasteiger partial charge in [0, 0.05) is 18.3 Å². The second-order valence-electron chi connectivity index (χ2n) is 7.38. The molecule has 3 rings (SSSR count). The van der Waals surface area contributed by atoms with Gasteiger partial charge in [0.15, 0.2) is 0 Å². The lowest BCUT2D eigenvalue weighted by Crippen LogP contribution is -2.18. The molecule has 0 aliphatic heterocycles. The van der Waals surface area contributed by atoms with E-state index < -0.39 is 0 Å². The molecule has 0 spiro atoms. The van der Waals surface area contributed by atoms with Crippen molar-refractivity contribution in [1.82, 2.24) is 4.57 Å². The number of allylic oxidation sites excluding steroid dienone is 2. The molecule has 0 unspecified atom stereocenters. The molecule has 1 atom stereocenters. The molecule has 0 aliphatic carbocycles.